The maximum Gasteiger partial charge on any atom is 0.333 e. The lowest BCUT2D eigenvalue weighted by atomic mass is 9.99. The van der Waals surface area contributed by atoms with Gasteiger partial charge in [0.15, 0.2) is 0 Å². The van der Waals surface area contributed by atoms with E-state index in [4.69, 9.17) is 0 Å². The van der Waals surface area contributed by atoms with E-state index in [0.717, 1.165) is 5.56 Å². The number of rotatable bonds is 6. The van der Waals surface area contributed by atoms with Gasteiger partial charge >= 0.3 is 5.69 Å². The molecule has 1 aromatic heterocycles. The van der Waals surface area contributed by atoms with Crippen molar-refractivity contribution >= 4 is 35.5 Å². The highest BCUT2D eigenvalue weighted by molar-refractivity contribution is 5.97. The molecule has 3 N–H and O–H groups in total. The highest BCUT2D eigenvalue weighted by Gasteiger charge is 2.28. The summed E-state index contributed by atoms with van der Waals surface area (Å²) in [5.41, 5.74) is 1.67. The van der Waals surface area contributed by atoms with Gasteiger partial charge in [0.1, 0.15) is 17.6 Å². The fourth-order valence-electron chi connectivity index (χ4n) is 3.40. The molecule has 3 rings (SSSR count). The van der Waals surface area contributed by atoms with E-state index in [1.807, 2.05) is 0 Å². The normalized spacial score (nSPS) is 13.8. The molecule has 1 atom stereocenters. The van der Waals surface area contributed by atoms with E-state index >= 15 is 0 Å². The molecule has 1 aliphatic rings. The standard InChI is InChI=1S/C18H23FN6O3.ClH/c1-4-13(21-17-16(25(27)28)10(2)23-24(17)3)18(26)22-14-6-5-11-9-20-8-7-12(11)15(14)19;/h5-6,13,20-21H,4,7-9H2,1-3H3,(H,22,26);1H. The van der Waals surface area contributed by atoms with Crippen LogP contribution in [0.4, 0.5) is 21.6 Å². The van der Waals surface area contributed by atoms with Crippen LogP contribution in [0.25, 0.3) is 0 Å². The number of carbonyl (C=O) groups is 1. The third kappa shape index (κ3) is 4.48. The number of hydrogen-bond donors (Lipinski definition) is 3. The van der Waals surface area contributed by atoms with Crippen LogP contribution in [0.2, 0.25) is 0 Å². The van der Waals surface area contributed by atoms with Gasteiger partial charge in [-0.25, -0.2) is 9.07 Å². The van der Waals surface area contributed by atoms with Crippen LogP contribution in [0, 0.1) is 22.9 Å². The van der Waals surface area contributed by atoms with Gasteiger partial charge < -0.3 is 16.0 Å². The molecular weight excluding hydrogens is 403 g/mol. The summed E-state index contributed by atoms with van der Waals surface area (Å²) in [7, 11) is 1.56. The van der Waals surface area contributed by atoms with E-state index in [1.165, 1.54) is 11.6 Å². The van der Waals surface area contributed by atoms with Crippen LogP contribution >= 0.6 is 12.4 Å². The van der Waals surface area contributed by atoms with Crippen LogP contribution in [0.15, 0.2) is 12.1 Å². The predicted octanol–water partition coefficient (Wildman–Crippen LogP) is 2.67. The minimum atomic E-state index is -0.786. The first-order valence-corrected chi connectivity index (χ1v) is 9.09. The maximum atomic E-state index is 14.8. The largest absolute Gasteiger partial charge is 0.353 e. The lowest BCUT2D eigenvalue weighted by Crippen LogP contribution is -2.35. The minimum absolute atomic E-state index is 0. The average Bonchev–Trinajstić information content (AvgIpc) is 2.95. The summed E-state index contributed by atoms with van der Waals surface area (Å²) in [4.78, 5) is 23.5. The number of aryl methyl sites for hydroxylation is 2. The van der Waals surface area contributed by atoms with Crippen LogP contribution < -0.4 is 16.0 Å². The Morgan fingerprint density at radius 3 is 2.86 bits per heavy atom. The van der Waals surface area contributed by atoms with Crippen LogP contribution in [-0.2, 0) is 24.8 Å². The van der Waals surface area contributed by atoms with Crippen molar-refractivity contribution in [3.63, 3.8) is 0 Å². The number of anilines is 2. The number of carbonyl (C=O) groups excluding carboxylic acids is 1. The molecule has 1 aromatic carbocycles. The zero-order chi connectivity index (χ0) is 20.4. The van der Waals surface area contributed by atoms with Crippen molar-refractivity contribution in [2.75, 3.05) is 17.2 Å². The fraction of sp³-hybridized carbons (Fsp3) is 0.444. The van der Waals surface area contributed by atoms with E-state index in [0.29, 0.717) is 31.5 Å². The second kappa shape index (κ2) is 9.19. The number of nitrogens with zero attached hydrogens (tertiary/aromatic N) is 3. The third-order valence-electron chi connectivity index (χ3n) is 4.87. The highest BCUT2D eigenvalue weighted by Crippen LogP contribution is 2.29. The zero-order valence-electron chi connectivity index (χ0n) is 16.4. The number of nitrogens with one attached hydrogen (secondary N) is 3. The zero-order valence-corrected chi connectivity index (χ0v) is 17.2. The van der Waals surface area contributed by atoms with Crippen molar-refractivity contribution < 1.29 is 14.1 Å². The number of nitro groups is 1. The van der Waals surface area contributed by atoms with Crippen LogP contribution in [0.3, 0.4) is 0 Å². The molecule has 1 aliphatic heterocycles. The lowest BCUT2D eigenvalue weighted by Gasteiger charge is -2.21. The smallest absolute Gasteiger partial charge is 0.333 e. The summed E-state index contributed by atoms with van der Waals surface area (Å²) in [6.07, 6.45) is 0.907. The van der Waals surface area contributed by atoms with Gasteiger partial charge in [0.2, 0.25) is 11.7 Å². The van der Waals surface area contributed by atoms with Crippen molar-refractivity contribution in [1.82, 2.24) is 15.1 Å². The Morgan fingerprint density at radius 1 is 1.48 bits per heavy atom. The first kappa shape index (κ1) is 22.6. The van der Waals surface area contributed by atoms with Gasteiger partial charge in [-0.1, -0.05) is 13.0 Å². The molecule has 0 spiro atoms. The quantitative estimate of drug-likeness (QED) is 0.483. The number of amides is 1. The van der Waals surface area contributed by atoms with Crippen LogP contribution in [0.1, 0.15) is 30.2 Å². The maximum absolute atomic E-state index is 14.8. The summed E-state index contributed by atoms with van der Waals surface area (Å²) in [6.45, 7) is 4.58. The van der Waals surface area contributed by atoms with Gasteiger partial charge in [0, 0.05) is 13.6 Å². The Labute approximate surface area is 173 Å². The third-order valence-corrected chi connectivity index (χ3v) is 4.87. The molecule has 1 unspecified atom stereocenters. The van der Waals surface area contributed by atoms with Gasteiger partial charge in [-0.05, 0) is 43.5 Å². The van der Waals surface area contributed by atoms with Gasteiger partial charge in [0.25, 0.3) is 0 Å². The Balaban J connectivity index is 0.00000300. The van der Waals surface area contributed by atoms with Crippen molar-refractivity contribution in [1.29, 1.82) is 0 Å². The molecule has 0 aliphatic carbocycles. The molecular formula is C18H24ClFN6O3. The lowest BCUT2D eigenvalue weighted by molar-refractivity contribution is -0.384. The molecule has 0 bridgehead atoms. The number of halogens is 2. The number of hydrogen-bond acceptors (Lipinski definition) is 6. The Kier molecular flexibility index (Phi) is 7.15. The highest BCUT2D eigenvalue weighted by atomic mass is 35.5. The molecule has 1 amide bonds. The Morgan fingerprint density at radius 2 is 2.21 bits per heavy atom. The summed E-state index contributed by atoms with van der Waals surface area (Å²) < 4.78 is 16.1. The summed E-state index contributed by atoms with van der Waals surface area (Å²) in [5, 5.41) is 24.0. The SMILES string of the molecule is CCC(Nc1c([N+](=O)[O-])c(C)nn1C)C(=O)Nc1ccc2c(c1F)CCNC2.Cl. The van der Waals surface area contributed by atoms with E-state index in [-0.39, 0.29) is 35.3 Å². The molecule has 158 valence electrons. The van der Waals surface area contributed by atoms with Crippen molar-refractivity contribution in [3.05, 3.63) is 44.9 Å². The molecule has 29 heavy (non-hydrogen) atoms. The molecule has 9 nitrogen and oxygen atoms in total. The fourth-order valence-corrected chi connectivity index (χ4v) is 3.40. The Hall–Kier alpha value is -2.72. The predicted molar refractivity (Wildman–Crippen MR) is 110 cm³/mol. The topological polar surface area (TPSA) is 114 Å². The molecule has 2 aromatic rings. The summed E-state index contributed by atoms with van der Waals surface area (Å²) >= 11 is 0. The Bertz CT molecular complexity index is 933. The molecule has 11 heteroatoms. The van der Waals surface area contributed by atoms with Crippen molar-refractivity contribution in [2.45, 2.75) is 39.3 Å². The van der Waals surface area contributed by atoms with E-state index in [2.05, 4.69) is 21.0 Å². The molecule has 0 radical (unpaired) electrons. The van der Waals surface area contributed by atoms with Gasteiger partial charge in [-0.15, -0.1) is 12.4 Å². The minimum Gasteiger partial charge on any atom is -0.353 e. The van der Waals surface area contributed by atoms with Crippen molar-refractivity contribution in [2.24, 2.45) is 7.05 Å². The van der Waals surface area contributed by atoms with Gasteiger partial charge in [-0.3, -0.25) is 14.9 Å². The number of benzene rings is 1. The molecule has 0 saturated carbocycles. The van der Waals surface area contributed by atoms with Gasteiger partial charge in [0.05, 0.1) is 10.6 Å². The van der Waals surface area contributed by atoms with Crippen LogP contribution in [-0.4, -0.2) is 33.2 Å². The molecule has 0 fully saturated rings. The van der Waals surface area contributed by atoms with E-state index in [1.54, 1.807) is 26.1 Å². The number of fused-ring (bicyclic) bond motifs is 1. The van der Waals surface area contributed by atoms with Crippen LogP contribution in [0.5, 0.6) is 0 Å². The first-order chi connectivity index (χ1) is 13.3. The first-order valence-electron chi connectivity index (χ1n) is 9.09. The van der Waals surface area contributed by atoms with Gasteiger partial charge in [-0.2, -0.15) is 5.10 Å². The van der Waals surface area contributed by atoms with E-state index < -0.39 is 22.7 Å². The second-order valence-electron chi connectivity index (χ2n) is 6.75. The molecule has 2 heterocycles. The second-order valence-corrected chi connectivity index (χ2v) is 6.75. The number of aromatic nitrogens is 2. The molecule has 0 saturated heterocycles. The summed E-state index contributed by atoms with van der Waals surface area (Å²) in [6, 6.07) is 2.55. The average molecular weight is 427 g/mol. The summed E-state index contributed by atoms with van der Waals surface area (Å²) in [5.74, 6) is -0.755. The monoisotopic (exact) mass is 426 g/mol. The van der Waals surface area contributed by atoms with E-state index in [9.17, 15) is 19.3 Å². The van der Waals surface area contributed by atoms with Crippen molar-refractivity contribution in [3.8, 4) is 0 Å².